The van der Waals surface area contributed by atoms with Crippen LogP contribution in [0.1, 0.15) is 38.2 Å². The fourth-order valence-electron chi connectivity index (χ4n) is 3.06. The number of carbonyl (C=O) groups is 3. The standard InChI is InChI=1S/C22H23F3N2O4/c1-10-11(2)13(4)19(14(5)12(10)3)22(30)31-9-18(29)26-8-17(28)27-16-7-6-15(23)20(24)21(16)25/h6-7H,8-9H2,1-5H3,(H,26,29)(H,27,28). The van der Waals surface area contributed by atoms with Crippen LogP contribution in [0.4, 0.5) is 18.9 Å². The number of benzene rings is 2. The van der Waals surface area contributed by atoms with E-state index >= 15 is 0 Å². The predicted octanol–water partition coefficient (Wildman–Crippen LogP) is 3.56. The van der Waals surface area contributed by atoms with E-state index < -0.39 is 54.1 Å². The van der Waals surface area contributed by atoms with Crippen LogP contribution < -0.4 is 10.6 Å². The van der Waals surface area contributed by atoms with Crippen molar-refractivity contribution in [3.05, 3.63) is 63.0 Å². The molecule has 0 aromatic heterocycles. The molecule has 0 atom stereocenters. The minimum Gasteiger partial charge on any atom is -0.452 e. The van der Waals surface area contributed by atoms with Gasteiger partial charge in [-0.1, -0.05) is 0 Å². The summed E-state index contributed by atoms with van der Waals surface area (Å²) in [7, 11) is 0. The zero-order chi connectivity index (χ0) is 23.5. The van der Waals surface area contributed by atoms with Crippen LogP contribution in [0, 0.1) is 52.1 Å². The molecule has 2 aromatic carbocycles. The first kappa shape index (κ1) is 23.9. The molecule has 0 saturated heterocycles. The Bertz CT molecular complexity index is 1040. The van der Waals surface area contributed by atoms with Gasteiger partial charge in [0, 0.05) is 0 Å². The lowest BCUT2D eigenvalue weighted by molar-refractivity contribution is -0.126. The van der Waals surface area contributed by atoms with Gasteiger partial charge in [-0.2, -0.15) is 0 Å². The third-order valence-electron chi connectivity index (χ3n) is 5.29. The Kier molecular flexibility index (Phi) is 7.43. The average molecular weight is 436 g/mol. The molecule has 6 nitrogen and oxygen atoms in total. The van der Waals surface area contributed by atoms with E-state index in [1.54, 1.807) is 13.8 Å². The molecule has 0 aliphatic heterocycles. The number of amides is 2. The van der Waals surface area contributed by atoms with Gasteiger partial charge < -0.3 is 15.4 Å². The summed E-state index contributed by atoms with van der Waals surface area (Å²) < 4.78 is 44.7. The summed E-state index contributed by atoms with van der Waals surface area (Å²) in [5.74, 6) is -6.96. The Labute approximate surface area is 177 Å². The van der Waals surface area contributed by atoms with Crippen molar-refractivity contribution < 1.29 is 32.3 Å². The Morgan fingerprint density at radius 3 is 1.94 bits per heavy atom. The molecule has 0 bridgehead atoms. The molecule has 0 aliphatic carbocycles. The largest absolute Gasteiger partial charge is 0.452 e. The maximum atomic E-state index is 13.6. The summed E-state index contributed by atoms with van der Waals surface area (Å²) in [6, 6.07) is 1.51. The highest BCUT2D eigenvalue weighted by Crippen LogP contribution is 2.26. The number of halogens is 3. The van der Waals surface area contributed by atoms with Crippen molar-refractivity contribution in [2.45, 2.75) is 34.6 Å². The number of esters is 1. The van der Waals surface area contributed by atoms with Gasteiger partial charge >= 0.3 is 5.97 Å². The lowest BCUT2D eigenvalue weighted by atomic mass is 9.90. The number of hydrogen-bond acceptors (Lipinski definition) is 4. The predicted molar refractivity (Wildman–Crippen MR) is 108 cm³/mol. The molecule has 166 valence electrons. The fraction of sp³-hybridized carbons (Fsp3) is 0.318. The molecule has 0 unspecified atom stereocenters. The van der Waals surface area contributed by atoms with Gasteiger partial charge in [-0.05, 0) is 74.6 Å². The van der Waals surface area contributed by atoms with Crippen LogP contribution in [-0.2, 0) is 14.3 Å². The van der Waals surface area contributed by atoms with Crippen molar-refractivity contribution in [2.75, 3.05) is 18.5 Å². The number of anilines is 1. The van der Waals surface area contributed by atoms with Crippen LogP contribution in [0.25, 0.3) is 0 Å². The second-order valence-corrected chi connectivity index (χ2v) is 7.12. The second kappa shape index (κ2) is 9.63. The van der Waals surface area contributed by atoms with E-state index in [1.807, 2.05) is 26.1 Å². The lowest BCUT2D eigenvalue weighted by Gasteiger charge is -2.17. The van der Waals surface area contributed by atoms with Gasteiger partial charge in [-0.3, -0.25) is 9.59 Å². The third-order valence-corrected chi connectivity index (χ3v) is 5.29. The van der Waals surface area contributed by atoms with Crippen LogP contribution >= 0.6 is 0 Å². The van der Waals surface area contributed by atoms with Gasteiger partial charge in [-0.25, -0.2) is 18.0 Å². The SMILES string of the molecule is Cc1c(C)c(C)c(C(=O)OCC(=O)NCC(=O)Nc2ccc(F)c(F)c2F)c(C)c1C. The van der Waals surface area contributed by atoms with E-state index in [9.17, 15) is 27.6 Å². The number of rotatable bonds is 6. The fourth-order valence-corrected chi connectivity index (χ4v) is 3.06. The molecule has 9 heteroatoms. The summed E-state index contributed by atoms with van der Waals surface area (Å²) in [4.78, 5) is 36.2. The Morgan fingerprint density at radius 2 is 1.35 bits per heavy atom. The van der Waals surface area contributed by atoms with Crippen LogP contribution in [0.15, 0.2) is 12.1 Å². The van der Waals surface area contributed by atoms with E-state index in [0.717, 1.165) is 33.9 Å². The number of nitrogens with one attached hydrogen (secondary N) is 2. The summed E-state index contributed by atoms with van der Waals surface area (Å²) >= 11 is 0. The van der Waals surface area contributed by atoms with E-state index in [-0.39, 0.29) is 0 Å². The van der Waals surface area contributed by atoms with Crippen molar-refractivity contribution in [1.82, 2.24) is 5.32 Å². The Balaban J connectivity index is 1.92. The summed E-state index contributed by atoms with van der Waals surface area (Å²) in [6.07, 6.45) is 0. The molecule has 2 N–H and O–H groups in total. The van der Waals surface area contributed by atoms with Gasteiger partial charge in [0.25, 0.3) is 5.91 Å². The minimum atomic E-state index is -1.72. The maximum absolute atomic E-state index is 13.6. The van der Waals surface area contributed by atoms with Gasteiger partial charge in [0.15, 0.2) is 24.1 Å². The topological polar surface area (TPSA) is 84.5 Å². The molecule has 2 aromatic rings. The average Bonchev–Trinajstić information content (AvgIpc) is 2.74. The molecule has 0 saturated carbocycles. The molecule has 0 fully saturated rings. The maximum Gasteiger partial charge on any atom is 0.339 e. The zero-order valence-corrected chi connectivity index (χ0v) is 17.8. The van der Waals surface area contributed by atoms with Crippen LogP contribution in [0.5, 0.6) is 0 Å². The molecule has 2 rings (SSSR count). The molecule has 31 heavy (non-hydrogen) atoms. The molecule has 0 heterocycles. The van der Waals surface area contributed by atoms with Crippen molar-refractivity contribution in [3.63, 3.8) is 0 Å². The Morgan fingerprint density at radius 1 is 0.806 bits per heavy atom. The lowest BCUT2D eigenvalue weighted by Crippen LogP contribution is -2.35. The number of carbonyl (C=O) groups excluding carboxylic acids is 3. The zero-order valence-electron chi connectivity index (χ0n) is 17.8. The smallest absolute Gasteiger partial charge is 0.339 e. The summed E-state index contributed by atoms with van der Waals surface area (Å²) in [5, 5.41) is 4.21. The first-order valence-corrected chi connectivity index (χ1v) is 9.39. The van der Waals surface area contributed by atoms with Gasteiger partial charge in [0.05, 0.1) is 17.8 Å². The first-order valence-electron chi connectivity index (χ1n) is 9.39. The van der Waals surface area contributed by atoms with Crippen molar-refractivity contribution in [2.24, 2.45) is 0 Å². The van der Waals surface area contributed by atoms with Crippen molar-refractivity contribution >= 4 is 23.5 Å². The van der Waals surface area contributed by atoms with Crippen molar-refractivity contribution in [3.8, 4) is 0 Å². The first-order chi connectivity index (χ1) is 14.5. The molecule has 0 radical (unpaired) electrons. The van der Waals surface area contributed by atoms with Crippen LogP contribution in [-0.4, -0.2) is 30.9 Å². The normalized spacial score (nSPS) is 10.6. The second-order valence-electron chi connectivity index (χ2n) is 7.12. The van der Waals surface area contributed by atoms with E-state index in [4.69, 9.17) is 4.74 Å². The highest BCUT2D eigenvalue weighted by Gasteiger charge is 2.20. The summed E-state index contributed by atoms with van der Waals surface area (Å²) in [5.41, 5.74) is 4.34. The van der Waals surface area contributed by atoms with E-state index in [1.165, 1.54) is 0 Å². The highest BCUT2D eigenvalue weighted by molar-refractivity contribution is 5.97. The van der Waals surface area contributed by atoms with Gasteiger partial charge in [0.2, 0.25) is 5.91 Å². The van der Waals surface area contributed by atoms with Crippen molar-refractivity contribution in [1.29, 1.82) is 0 Å². The third kappa shape index (κ3) is 5.22. The van der Waals surface area contributed by atoms with E-state index in [0.29, 0.717) is 11.6 Å². The quantitative estimate of drug-likeness (QED) is 0.536. The monoisotopic (exact) mass is 436 g/mol. The van der Waals surface area contributed by atoms with Gasteiger partial charge in [-0.15, -0.1) is 0 Å². The van der Waals surface area contributed by atoms with Gasteiger partial charge in [0.1, 0.15) is 0 Å². The van der Waals surface area contributed by atoms with Crippen LogP contribution in [0.3, 0.4) is 0 Å². The minimum absolute atomic E-state index is 0.389. The molecular formula is C22H23F3N2O4. The molecular weight excluding hydrogens is 413 g/mol. The number of ether oxygens (including phenoxy) is 1. The number of hydrogen-bond donors (Lipinski definition) is 2. The van der Waals surface area contributed by atoms with E-state index in [2.05, 4.69) is 5.32 Å². The molecule has 0 spiro atoms. The molecule has 2 amide bonds. The molecule has 0 aliphatic rings. The summed E-state index contributed by atoms with van der Waals surface area (Å²) in [6.45, 7) is 8.14. The Hall–Kier alpha value is -3.36. The van der Waals surface area contributed by atoms with Crippen LogP contribution in [0.2, 0.25) is 0 Å². The highest BCUT2D eigenvalue weighted by atomic mass is 19.2.